The lowest BCUT2D eigenvalue weighted by Gasteiger charge is -2.26. The number of likely N-dealkylation sites (tertiary alicyclic amines) is 1. The number of aromatic nitrogens is 2. The second-order valence-electron chi connectivity index (χ2n) is 5.91. The van der Waals surface area contributed by atoms with E-state index in [1.165, 1.54) is 12.8 Å². The maximum atomic E-state index is 12.0. The van der Waals surface area contributed by atoms with E-state index in [4.69, 9.17) is 4.42 Å². The molecule has 8 nitrogen and oxygen atoms in total. The van der Waals surface area contributed by atoms with Crippen molar-refractivity contribution < 1.29 is 9.21 Å². The zero-order valence-corrected chi connectivity index (χ0v) is 14.1. The van der Waals surface area contributed by atoms with Gasteiger partial charge in [0.1, 0.15) is 5.76 Å². The minimum Gasteiger partial charge on any atom is -0.468 e. The predicted molar refractivity (Wildman–Crippen MR) is 94.2 cm³/mol. The van der Waals surface area contributed by atoms with E-state index in [0.29, 0.717) is 25.6 Å². The van der Waals surface area contributed by atoms with Crippen molar-refractivity contribution in [3.05, 3.63) is 42.6 Å². The van der Waals surface area contributed by atoms with Crippen LogP contribution in [-0.2, 0) is 0 Å². The predicted octanol–water partition coefficient (Wildman–Crippen LogP) is 1.62. The van der Waals surface area contributed by atoms with Gasteiger partial charge in [0.2, 0.25) is 5.95 Å². The second-order valence-corrected chi connectivity index (χ2v) is 5.91. The number of hydrogen-bond donors (Lipinski definition) is 3. The quantitative estimate of drug-likeness (QED) is 0.630. The highest BCUT2D eigenvalue weighted by molar-refractivity contribution is 5.73. The van der Waals surface area contributed by atoms with Crippen LogP contribution in [0.3, 0.4) is 0 Å². The summed E-state index contributed by atoms with van der Waals surface area (Å²) in [5.74, 6) is 1.45. The van der Waals surface area contributed by atoms with Gasteiger partial charge >= 0.3 is 6.03 Å². The number of urea groups is 1. The lowest BCUT2D eigenvalue weighted by atomic mass is 10.2. The van der Waals surface area contributed by atoms with Gasteiger partial charge in [-0.25, -0.2) is 14.8 Å². The van der Waals surface area contributed by atoms with E-state index in [1.807, 2.05) is 12.1 Å². The third-order valence-corrected chi connectivity index (χ3v) is 4.17. The molecular formula is C17H24N6O2. The number of anilines is 1. The summed E-state index contributed by atoms with van der Waals surface area (Å²) in [5.41, 5.74) is 0. The molecule has 3 heterocycles. The first-order valence-corrected chi connectivity index (χ1v) is 8.63. The van der Waals surface area contributed by atoms with Crippen LogP contribution in [0.2, 0.25) is 0 Å². The van der Waals surface area contributed by atoms with Crippen molar-refractivity contribution in [2.45, 2.75) is 18.9 Å². The molecule has 0 saturated carbocycles. The zero-order valence-electron chi connectivity index (χ0n) is 14.1. The van der Waals surface area contributed by atoms with Gasteiger partial charge in [0.25, 0.3) is 0 Å². The van der Waals surface area contributed by atoms with Crippen LogP contribution in [0.4, 0.5) is 10.7 Å². The van der Waals surface area contributed by atoms with Crippen molar-refractivity contribution >= 4 is 12.0 Å². The van der Waals surface area contributed by atoms with E-state index >= 15 is 0 Å². The fourth-order valence-corrected chi connectivity index (χ4v) is 2.94. The van der Waals surface area contributed by atoms with Crippen LogP contribution in [0, 0.1) is 0 Å². The highest BCUT2D eigenvalue weighted by Gasteiger charge is 2.25. The van der Waals surface area contributed by atoms with Crippen molar-refractivity contribution in [3.63, 3.8) is 0 Å². The Hall–Kier alpha value is -2.61. The molecule has 3 N–H and O–H groups in total. The Bertz CT molecular complexity index is 628. The van der Waals surface area contributed by atoms with E-state index in [-0.39, 0.29) is 12.1 Å². The van der Waals surface area contributed by atoms with Crippen LogP contribution in [0.15, 0.2) is 41.3 Å². The lowest BCUT2D eigenvalue weighted by molar-refractivity contribution is 0.203. The largest absolute Gasteiger partial charge is 0.468 e. The molecular weight excluding hydrogens is 320 g/mol. The second kappa shape index (κ2) is 9.03. The molecule has 0 spiro atoms. The summed E-state index contributed by atoms with van der Waals surface area (Å²) in [6, 6.07) is 5.50. The van der Waals surface area contributed by atoms with E-state index in [9.17, 15) is 4.79 Å². The maximum absolute atomic E-state index is 12.0. The standard InChI is InChI=1S/C17H24N6O2/c24-17(21-9-8-20-16-18-6-4-7-19-16)22-13-14(15-5-3-12-25-15)23-10-1-2-11-23/h3-7,12,14H,1-2,8-11,13H2,(H,18,19,20)(H2,21,22,24). The van der Waals surface area contributed by atoms with E-state index in [2.05, 4.69) is 30.8 Å². The highest BCUT2D eigenvalue weighted by atomic mass is 16.3. The van der Waals surface area contributed by atoms with Gasteiger partial charge in [-0.05, 0) is 44.1 Å². The number of rotatable bonds is 8. The van der Waals surface area contributed by atoms with Crippen LogP contribution in [0.1, 0.15) is 24.6 Å². The molecule has 2 aromatic heterocycles. The topological polar surface area (TPSA) is 95.3 Å². The number of nitrogens with one attached hydrogen (secondary N) is 3. The number of amides is 2. The average Bonchev–Trinajstić information content (AvgIpc) is 3.34. The molecule has 0 aliphatic carbocycles. The van der Waals surface area contributed by atoms with Crippen LogP contribution in [0.5, 0.6) is 0 Å². The molecule has 2 aromatic rings. The first-order chi connectivity index (χ1) is 12.3. The van der Waals surface area contributed by atoms with Crippen molar-refractivity contribution in [2.75, 3.05) is 38.0 Å². The molecule has 1 saturated heterocycles. The molecule has 1 fully saturated rings. The number of carbonyl (C=O) groups excluding carboxylic acids is 1. The number of carbonyl (C=O) groups is 1. The minimum atomic E-state index is -0.188. The number of hydrogen-bond acceptors (Lipinski definition) is 6. The fraction of sp³-hybridized carbons (Fsp3) is 0.471. The Morgan fingerprint density at radius 1 is 1.16 bits per heavy atom. The van der Waals surface area contributed by atoms with Gasteiger partial charge in [-0.1, -0.05) is 0 Å². The van der Waals surface area contributed by atoms with Crippen LogP contribution < -0.4 is 16.0 Å². The number of furan rings is 1. The Morgan fingerprint density at radius 2 is 1.96 bits per heavy atom. The molecule has 1 atom stereocenters. The van der Waals surface area contributed by atoms with Crippen LogP contribution in [0.25, 0.3) is 0 Å². The van der Waals surface area contributed by atoms with Crippen molar-refractivity contribution in [1.29, 1.82) is 0 Å². The SMILES string of the molecule is O=C(NCCNc1ncccn1)NCC(c1ccco1)N1CCCC1. The van der Waals surface area contributed by atoms with E-state index in [1.54, 1.807) is 24.7 Å². The van der Waals surface area contributed by atoms with Gasteiger partial charge in [0, 0.05) is 32.0 Å². The molecule has 134 valence electrons. The average molecular weight is 344 g/mol. The lowest BCUT2D eigenvalue weighted by Crippen LogP contribution is -2.42. The van der Waals surface area contributed by atoms with E-state index < -0.39 is 0 Å². The van der Waals surface area contributed by atoms with Crippen molar-refractivity contribution in [2.24, 2.45) is 0 Å². The Labute approximate surface area is 147 Å². The molecule has 2 amide bonds. The monoisotopic (exact) mass is 344 g/mol. The molecule has 25 heavy (non-hydrogen) atoms. The van der Waals surface area contributed by atoms with Gasteiger partial charge in [0.15, 0.2) is 0 Å². The first-order valence-electron chi connectivity index (χ1n) is 8.63. The van der Waals surface area contributed by atoms with Crippen LogP contribution in [-0.4, -0.2) is 53.6 Å². The number of nitrogens with zero attached hydrogens (tertiary/aromatic N) is 3. The smallest absolute Gasteiger partial charge is 0.314 e. The third-order valence-electron chi connectivity index (χ3n) is 4.17. The molecule has 3 rings (SSSR count). The first kappa shape index (κ1) is 17.2. The molecule has 0 bridgehead atoms. The third kappa shape index (κ3) is 5.18. The summed E-state index contributed by atoms with van der Waals surface area (Å²) < 4.78 is 5.55. The van der Waals surface area contributed by atoms with Gasteiger partial charge in [-0.3, -0.25) is 4.90 Å². The summed E-state index contributed by atoms with van der Waals surface area (Å²) in [6.45, 7) is 3.64. The molecule has 8 heteroatoms. The summed E-state index contributed by atoms with van der Waals surface area (Å²) in [5, 5.41) is 8.81. The molecule has 0 aromatic carbocycles. The summed E-state index contributed by atoms with van der Waals surface area (Å²) >= 11 is 0. The fourth-order valence-electron chi connectivity index (χ4n) is 2.94. The minimum absolute atomic E-state index is 0.0825. The summed E-state index contributed by atoms with van der Waals surface area (Å²) in [7, 11) is 0. The Kier molecular flexibility index (Phi) is 6.22. The molecule has 1 aliphatic rings. The summed E-state index contributed by atoms with van der Waals surface area (Å²) in [4.78, 5) is 22.5. The maximum Gasteiger partial charge on any atom is 0.314 e. The van der Waals surface area contributed by atoms with Gasteiger partial charge < -0.3 is 20.4 Å². The molecule has 1 aliphatic heterocycles. The Morgan fingerprint density at radius 3 is 2.68 bits per heavy atom. The summed E-state index contributed by atoms with van der Waals surface area (Å²) in [6.07, 6.45) is 7.40. The van der Waals surface area contributed by atoms with E-state index in [0.717, 1.165) is 18.8 Å². The normalized spacial score (nSPS) is 15.7. The van der Waals surface area contributed by atoms with Crippen LogP contribution >= 0.6 is 0 Å². The molecule has 0 radical (unpaired) electrons. The highest BCUT2D eigenvalue weighted by Crippen LogP contribution is 2.24. The molecule has 1 unspecified atom stereocenters. The van der Waals surface area contributed by atoms with Gasteiger partial charge in [-0.15, -0.1) is 0 Å². The Balaban J connectivity index is 1.39. The van der Waals surface area contributed by atoms with Gasteiger partial charge in [0.05, 0.1) is 12.3 Å². The van der Waals surface area contributed by atoms with Crippen molar-refractivity contribution in [1.82, 2.24) is 25.5 Å². The van der Waals surface area contributed by atoms with Crippen molar-refractivity contribution in [3.8, 4) is 0 Å². The zero-order chi connectivity index (χ0) is 17.3. The van der Waals surface area contributed by atoms with Gasteiger partial charge in [-0.2, -0.15) is 0 Å².